The Labute approximate surface area is 153 Å². The zero-order chi connectivity index (χ0) is 17.5. The molecule has 1 saturated heterocycles. The number of piperazine rings is 1. The number of anilines is 1. The molecule has 5 nitrogen and oxygen atoms in total. The Bertz CT molecular complexity index is 678. The van der Waals surface area contributed by atoms with Crippen LogP contribution in [0.2, 0.25) is 0 Å². The lowest BCUT2D eigenvalue weighted by Gasteiger charge is -2.38. The highest BCUT2D eigenvalue weighted by molar-refractivity contribution is 7.07. The molecule has 2 heterocycles. The first kappa shape index (κ1) is 17.6. The number of para-hydroxylation sites is 2. The largest absolute Gasteiger partial charge is 0.495 e. The van der Waals surface area contributed by atoms with Gasteiger partial charge in [0, 0.05) is 32.7 Å². The highest BCUT2D eigenvalue weighted by Crippen LogP contribution is 2.28. The predicted molar refractivity (Wildman–Crippen MR) is 106 cm³/mol. The van der Waals surface area contributed by atoms with E-state index >= 15 is 0 Å². The number of benzene rings is 1. The van der Waals surface area contributed by atoms with E-state index in [4.69, 9.17) is 9.73 Å². The molecule has 0 bridgehead atoms. The molecule has 25 heavy (non-hydrogen) atoms. The molecule has 1 aromatic carbocycles. The lowest BCUT2D eigenvalue weighted by molar-refractivity contribution is 0.367. The molecule has 134 valence electrons. The molecule has 1 aliphatic heterocycles. The summed E-state index contributed by atoms with van der Waals surface area (Å²) in [6, 6.07) is 10.4. The minimum Gasteiger partial charge on any atom is -0.495 e. The third-order valence-electron chi connectivity index (χ3n) is 4.33. The van der Waals surface area contributed by atoms with Gasteiger partial charge in [-0.2, -0.15) is 11.3 Å². The smallest absolute Gasteiger partial charge is 0.194 e. The van der Waals surface area contributed by atoms with E-state index in [2.05, 4.69) is 51.0 Å². The topological polar surface area (TPSA) is 40.1 Å². The molecular formula is C19H26N4OS. The van der Waals surface area contributed by atoms with E-state index in [0.29, 0.717) is 0 Å². The first-order valence-electron chi connectivity index (χ1n) is 8.74. The summed E-state index contributed by atoms with van der Waals surface area (Å²) in [4.78, 5) is 9.54. The van der Waals surface area contributed by atoms with Crippen molar-refractivity contribution in [1.82, 2.24) is 10.2 Å². The quantitative estimate of drug-likeness (QED) is 0.659. The summed E-state index contributed by atoms with van der Waals surface area (Å²) in [5.74, 6) is 1.95. The highest BCUT2D eigenvalue weighted by atomic mass is 32.1. The third kappa shape index (κ3) is 4.45. The molecule has 1 aliphatic rings. The Balaban J connectivity index is 1.63. The van der Waals surface area contributed by atoms with Crippen molar-refractivity contribution in [3.63, 3.8) is 0 Å². The number of nitrogens with one attached hydrogen (secondary N) is 1. The van der Waals surface area contributed by atoms with E-state index in [1.165, 1.54) is 11.3 Å². The van der Waals surface area contributed by atoms with Crippen molar-refractivity contribution in [3.8, 4) is 5.75 Å². The first-order valence-corrected chi connectivity index (χ1v) is 9.68. The fourth-order valence-electron chi connectivity index (χ4n) is 3.02. The SMILES string of the molecule is CCNC(=NCc1ccsc1)N1CCN(c2ccccc2OC)CC1. The van der Waals surface area contributed by atoms with Gasteiger partial charge >= 0.3 is 0 Å². The molecule has 3 rings (SSSR count). The summed E-state index contributed by atoms with van der Waals surface area (Å²) in [6.07, 6.45) is 0. The van der Waals surface area contributed by atoms with Gasteiger partial charge in [0.15, 0.2) is 5.96 Å². The van der Waals surface area contributed by atoms with Crippen LogP contribution in [0.5, 0.6) is 5.75 Å². The second kappa shape index (κ2) is 8.76. The number of hydrogen-bond acceptors (Lipinski definition) is 4. The molecule has 1 fully saturated rings. The van der Waals surface area contributed by atoms with Crippen LogP contribution < -0.4 is 15.0 Å². The van der Waals surface area contributed by atoms with Gasteiger partial charge in [-0.05, 0) is 41.4 Å². The van der Waals surface area contributed by atoms with Gasteiger partial charge in [-0.15, -0.1) is 0 Å². The summed E-state index contributed by atoms with van der Waals surface area (Å²) < 4.78 is 5.50. The maximum absolute atomic E-state index is 5.50. The fraction of sp³-hybridized carbons (Fsp3) is 0.421. The van der Waals surface area contributed by atoms with E-state index in [1.54, 1.807) is 18.4 Å². The number of ether oxygens (including phenoxy) is 1. The number of aliphatic imine (C=N–C) groups is 1. The van der Waals surface area contributed by atoms with Crippen LogP contribution in [0.15, 0.2) is 46.1 Å². The van der Waals surface area contributed by atoms with Crippen molar-refractivity contribution in [2.75, 3.05) is 44.7 Å². The van der Waals surface area contributed by atoms with Crippen molar-refractivity contribution in [1.29, 1.82) is 0 Å². The summed E-state index contributed by atoms with van der Waals surface area (Å²) in [7, 11) is 1.73. The van der Waals surface area contributed by atoms with E-state index in [1.807, 2.05) is 12.1 Å². The third-order valence-corrected chi connectivity index (χ3v) is 5.06. The standard InChI is InChI=1S/C19H26N4OS/c1-3-20-19(21-14-16-8-13-25-15-16)23-11-9-22(10-12-23)17-6-4-5-7-18(17)24-2/h4-8,13,15H,3,9-12,14H2,1-2H3,(H,20,21). The molecule has 1 aromatic heterocycles. The number of methoxy groups -OCH3 is 1. The van der Waals surface area contributed by atoms with Crippen molar-refractivity contribution in [2.24, 2.45) is 4.99 Å². The molecule has 1 N–H and O–H groups in total. The number of rotatable bonds is 5. The van der Waals surface area contributed by atoms with Crippen molar-refractivity contribution in [2.45, 2.75) is 13.5 Å². The molecule has 0 amide bonds. The Kier molecular flexibility index (Phi) is 6.17. The summed E-state index contributed by atoms with van der Waals surface area (Å²) >= 11 is 1.72. The zero-order valence-corrected chi connectivity index (χ0v) is 15.8. The van der Waals surface area contributed by atoms with Gasteiger partial charge in [0.1, 0.15) is 5.75 Å². The van der Waals surface area contributed by atoms with Crippen molar-refractivity contribution in [3.05, 3.63) is 46.7 Å². The molecule has 0 unspecified atom stereocenters. The molecule has 0 radical (unpaired) electrons. The minimum atomic E-state index is 0.735. The monoisotopic (exact) mass is 358 g/mol. The summed E-state index contributed by atoms with van der Waals surface area (Å²) in [5, 5.41) is 7.69. The van der Waals surface area contributed by atoms with Gasteiger partial charge in [0.2, 0.25) is 0 Å². The normalized spacial score (nSPS) is 15.4. The van der Waals surface area contributed by atoms with Gasteiger partial charge in [0.05, 0.1) is 19.3 Å². The maximum Gasteiger partial charge on any atom is 0.194 e. The highest BCUT2D eigenvalue weighted by Gasteiger charge is 2.21. The Hall–Kier alpha value is -2.21. The fourth-order valence-corrected chi connectivity index (χ4v) is 3.68. The van der Waals surface area contributed by atoms with Crippen LogP contribution in [-0.4, -0.2) is 50.7 Å². The van der Waals surface area contributed by atoms with Crippen molar-refractivity contribution >= 4 is 23.0 Å². The lowest BCUT2D eigenvalue weighted by Crippen LogP contribution is -2.52. The molecule has 0 aliphatic carbocycles. The average Bonchev–Trinajstić information content (AvgIpc) is 3.19. The average molecular weight is 359 g/mol. The molecular weight excluding hydrogens is 332 g/mol. The van der Waals surface area contributed by atoms with Crippen LogP contribution in [0.25, 0.3) is 0 Å². The van der Waals surface area contributed by atoms with Gasteiger partial charge in [-0.3, -0.25) is 0 Å². The second-order valence-electron chi connectivity index (χ2n) is 5.95. The molecule has 6 heteroatoms. The number of thiophene rings is 1. The maximum atomic E-state index is 5.50. The van der Waals surface area contributed by atoms with E-state index in [0.717, 1.165) is 51.0 Å². The molecule has 0 saturated carbocycles. The Morgan fingerprint density at radius 2 is 2.00 bits per heavy atom. The van der Waals surface area contributed by atoms with Gasteiger partial charge < -0.3 is 19.9 Å². The van der Waals surface area contributed by atoms with E-state index in [-0.39, 0.29) is 0 Å². The zero-order valence-electron chi connectivity index (χ0n) is 14.9. The van der Waals surface area contributed by atoms with Gasteiger partial charge in [0.25, 0.3) is 0 Å². The number of nitrogens with zero attached hydrogens (tertiary/aromatic N) is 3. The van der Waals surface area contributed by atoms with Crippen LogP contribution >= 0.6 is 11.3 Å². The number of hydrogen-bond donors (Lipinski definition) is 1. The summed E-state index contributed by atoms with van der Waals surface area (Å²) in [5.41, 5.74) is 2.44. The van der Waals surface area contributed by atoms with Crippen LogP contribution in [-0.2, 0) is 6.54 Å². The Morgan fingerprint density at radius 3 is 2.68 bits per heavy atom. The van der Waals surface area contributed by atoms with Crippen LogP contribution in [0.3, 0.4) is 0 Å². The van der Waals surface area contributed by atoms with Crippen molar-refractivity contribution < 1.29 is 4.74 Å². The minimum absolute atomic E-state index is 0.735. The molecule has 2 aromatic rings. The predicted octanol–water partition coefficient (Wildman–Crippen LogP) is 3.04. The van der Waals surface area contributed by atoms with E-state index < -0.39 is 0 Å². The van der Waals surface area contributed by atoms with Gasteiger partial charge in [-0.1, -0.05) is 12.1 Å². The van der Waals surface area contributed by atoms with Crippen LogP contribution in [0.4, 0.5) is 5.69 Å². The molecule has 0 spiro atoms. The van der Waals surface area contributed by atoms with Crippen LogP contribution in [0.1, 0.15) is 12.5 Å². The number of guanidine groups is 1. The van der Waals surface area contributed by atoms with Crippen LogP contribution in [0, 0.1) is 0 Å². The second-order valence-corrected chi connectivity index (χ2v) is 6.73. The van der Waals surface area contributed by atoms with Gasteiger partial charge in [-0.25, -0.2) is 4.99 Å². The molecule has 0 atom stereocenters. The Morgan fingerprint density at radius 1 is 1.20 bits per heavy atom. The summed E-state index contributed by atoms with van der Waals surface area (Å²) in [6.45, 7) is 7.56. The van der Waals surface area contributed by atoms with E-state index in [9.17, 15) is 0 Å². The first-order chi connectivity index (χ1) is 12.3. The lowest BCUT2D eigenvalue weighted by atomic mass is 10.2.